The molecule has 0 aromatic rings. The van der Waals surface area contributed by atoms with Crippen LogP contribution in [0.3, 0.4) is 0 Å². The van der Waals surface area contributed by atoms with Crippen molar-refractivity contribution < 1.29 is 4.74 Å². The van der Waals surface area contributed by atoms with Crippen LogP contribution in [0.1, 0.15) is 0 Å². The molecule has 0 aromatic carbocycles. The van der Waals surface area contributed by atoms with E-state index in [0.717, 1.165) is 5.70 Å². The Bertz CT molecular complexity index is 199. The van der Waals surface area contributed by atoms with Crippen LogP contribution >= 0.6 is 0 Å². The smallest absolute Gasteiger partial charge is 0.122 e. The molecule has 0 saturated heterocycles. The molecule has 0 aromatic heterocycles. The van der Waals surface area contributed by atoms with Crippen molar-refractivity contribution in [2.45, 2.75) is 6.23 Å². The lowest BCUT2D eigenvalue weighted by Crippen LogP contribution is -2.34. The maximum absolute atomic E-state index is 5.52. The zero-order valence-electron chi connectivity index (χ0n) is 8.16. The van der Waals surface area contributed by atoms with E-state index in [4.69, 9.17) is 10.5 Å². The van der Waals surface area contributed by atoms with Crippen molar-refractivity contribution in [3.05, 3.63) is 24.4 Å². The molecule has 0 saturated carbocycles. The lowest BCUT2D eigenvalue weighted by molar-refractivity contribution is 0.110. The highest BCUT2D eigenvalue weighted by Crippen LogP contribution is 1.88. The fourth-order valence-electron chi connectivity index (χ4n) is 0.656. The van der Waals surface area contributed by atoms with Gasteiger partial charge in [-0.3, -0.25) is 4.99 Å². The van der Waals surface area contributed by atoms with Gasteiger partial charge in [-0.15, -0.1) is 0 Å². The second kappa shape index (κ2) is 7.52. The Morgan fingerprint density at radius 2 is 2.46 bits per heavy atom. The summed E-state index contributed by atoms with van der Waals surface area (Å²) in [4.78, 5) is 3.82. The number of rotatable bonds is 6. The van der Waals surface area contributed by atoms with Crippen LogP contribution in [0.15, 0.2) is 29.4 Å². The van der Waals surface area contributed by atoms with Gasteiger partial charge in [-0.2, -0.15) is 0 Å². The molecule has 0 aliphatic carbocycles. The lowest BCUT2D eigenvalue weighted by Gasteiger charge is -2.11. The first-order chi connectivity index (χ1) is 6.24. The molecule has 13 heavy (non-hydrogen) atoms. The third kappa shape index (κ3) is 6.07. The molecule has 0 fully saturated rings. The highest BCUT2D eigenvalue weighted by atomic mass is 16.5. The predicted octanol–water partition coefficient (Wildman–Crippen LogP) is 0.278. The van der Waals surface area contributed by atoms with E-state index in [-0.39, 0.29) is 6.23 Å². The van der Waals surface area contributed by atoms with Gasteiger partial charge >= 0.3 is 0 Å². The molecule has 3 N–H and O–H groups in total. The average molecular weight is 183 g/mol. The van der Waals surface area contributed by atoms with Gasteiger partial charge in [-0.05, 0) is 12.2 Å². The standard InChI is InChI=1S/C9H17N3O/c1-4-8(5-6-11-2)12-7-9(10)13-3/h4-6,9,12H,1,7,10H2,2-3H3/b8-5+,11-6?. The molecular formula is C9H17N3O. The summed E-state index contributed by atoms with van der Waals surface area (Å²) in [5.41, 5.74) is 6.40. The summed E-state index contributed by atoms with van der Waals surface area (Å²) in [5, 5.41) is 3.06. The van der Waals surface area contributed by atoms with E-state index >= 15 is 0 Å². The molecular weight excluding hydrogens is 166 g/mol. The molecule has 0 radical (unpaired) electrons. The summed E-state index contributed by atoms with van der Waals surface area (Å²) in [6.45, 7) is 4.19. The van der Waals surface area contributed by atoms with Crippen LogP contribution in [-0.4, -0.2) is 33.1 Å². The predicted molar refractivity (Wildman–Crippen MR) is 55.7 cm³/mol. The monoisotopic (exact) mass is 183 g/mol. The Morgan fingerprint density at radius 3 is 2.92 bits per heavy atom. The fraction of sp³-hybridized carbons (Fsp3) is 0.444. The second-order valence-corrected chi connectivity index (χ2v) is 2.39. The molecule has 0 amide bonds. The van der Waals surface area contributed by atoms with Gasteiger partial charge in [0.15, 0.2) is 0 Å². The van der Waals surface area contributed by atoms with Gasteiger partial charge in [0, 0.05) is 26.1 Å². The van der Waals surface area contributed by atoms with Crippen molar-refractivity contribution in [2.24, 2.45) is 10.7 Å². The number of allylic oxidation sites excluding steroid dienone is 2. The number of methoxy groups -OCH3 is 1. The van der Waals surface area contributed by atoms with Crippen LogP contribution in [-0.2, 0) is 4.74 Å². The Morgan fingerprint density at radius 1 is 1.77 bits per heavy atom. The summed E-state index contributed by atoms with van der Waals surface area (Å²) in [6.07, 6.45) is 4.89. The van der Waals surface area contributed by atoms with Gasteiger partial charge in [0.2, 0.25) is 0 Å². The molecule has 0 heterocycles. The third-order valence-electron chi connectivity index (χ3n) is 1.43. The van der Waals surface area contributed by atoms with Gasteiger partial charge in [-0.1, -0.05) is 6.58 Å². The molecule has 4 heteroatoms. The fourth-order valence-corrected chi connectivity index (χ4v) is 0.656. The number of hydrogen-bond donors (Lipinski definition) is 2. The average Bonchev–Trinajstić information content (AvgIpc) is 2.17. The van der Waals surface area contributed by atoms with E-state index in [1.54, 1.807) is 26.4 Å². The highest BCUT2D eigenvalue weighted by molar-refractivity contribution is 5.72. The maximum Gasteiger partial charge on any atom is 0.122 e. The van der Waals surface area contributed by atoms with Gasteiger partial charge in [0.1, 0.15) is 6.23 Å². The van der Waals surface area contributed by atoms with Crippen LogP contribution in [0.4, 0.5) is 0 Å². The summed E-state index contributed by atoms with van der Waals surface area (Å²) in [5.74, 6) is 0. The van der Waals surface area contributed by atoms with E-state index < -0.39 is 0 Å². The van der Waals surface area contributed by atoms with E-state index in [1.165, 1.54) is 0 Å². The number of nitrogens with one attached hydrogen (secondary N) is 1. The number of hydrogen-bond acceptors (Lipinski definition) is 4. The summed E-state index contributed by atoms with van der Waals surface area (Å²) < 4.78 is 4.87. The van der Waals surface area contributed by atoms with E-state index in [2.05, 4.69) is 16.9 Å². The number of nitrogens with zero attached hydrogens (tertiary/aromatic N) is 1. The largest absolute Gasteiger partial charge is 0.381 e. The first kappa shape index (κ1) is 11.9. The minimum atomic E-state index is -0.304. The summed E-state index contributed by atoms with van der Waals surface area (Å²) >= 11 is 0. The van der Waals surface area contributed by atoms with Crippen molar-refractivity contribution in [3.8, 4) is 0 Å². The topological polar surface area (TPSA) is 59.6 Å². The van der Waals surface area contributed by atoms with Crippen molar-refractivity contribution in [2.75, 3.05) is 20.7 Å². The second-order valence-electron chi connectivity index (χ2n) is 2.39. The molecule has 1 atom stereocenters. The Balaban J connectivity index is 3.92. The van der Waals surface area contributed by atoms with Crippen LogP contribution in [0.5, 0.6) is 0 Å². The molecule has 1 unspecified atom stereocenters. The molecule has 0 bridgehead atoms. The van der Waals surface area contributed by atoms with Gasteiger partial charge in [-0.25, -0.2) is 0 Å². The summed E-state index contributed by atoms with van der Waals surface area (Å²) in [6, 6.07) is 0. The van der Waals surface area contributed by atoms with Gasteiger partial charge in [0.05, 0.1) is 6.54 Å². The summed E-state index contributed by atoms with van der Waals surface area (Å²) in [7, 11) is 3.27. The molecule has 0 spiro atoms. The normalized spacial score (nSPS) is 14.5. The third-order valence-corrected chi connectivity index (χ3v) is 1.43. The maximum atomic E-state index is 5.52. The van der Waals surface area contributed by atoms with Crippen LogP contribution in [0.25, 0.3) is 0 Å². The lowest BCUT2D eigenvalue weighted by atomic mass is 10.4. The van der Waals surface area contributed by atoms with E-state index in [0.29, 0.717) is 6.54 Å². The zero-order valence-corrected chi connectivity index (χ0v) is 8.16. The minimum Gasteiger partial charge on any atom is -0.381 e. The van der Waals surface area contributed by atoms with Crippen molar-refractivity contribution in [3.63, 3.8) is 0 Å². The quantitative estimate of drug-likeness (QED) is 0.353. The molecule has 4 nitrogen and oxygen atoms in total. The Labute approximate surface area is 79.2 Å². The zero-order chi connectivity index (χ0) is 10.1. The van der Waals surface area contributed by atoms with Gasteiger partial charge in [0.25, 0.3) is 0 Å². The Hall–Kier alpha value is -1.13. The van der Waals surface area contributed by atoms with Crippen molar-refractivity contribution >= 4 is 6.21 Å². The highest BCUT2D eigenvalue weighted by Gasteiger charge is 1.97. The number of nitrogens with two attached hydrogens (primary N) is 1. The minimum absolute atomic E-state index is 0.304. The van der Waals surface area contributed by atoms with Gasteiger partial charge < -0.3 is 15.8 Å². The van der Waals surface area contributed by atoms with E-state index in [1.807, 2.05) is 6.08 Å². The number of ether oxygens (including phenoxy) is 1. The molecule has 0 aliphatic rings. The first-order valence-electron chi connectivity index (χ1n) is 4.01. The van der Waals surface area contributed by atoms with Crippen LogP contribution in [0, 0.1) is 0 Å². The molecule has 0 aliphatic heterocycles. The van der Waals surface area contributed by atoms with Crippen LogP contribution in [0.2, 0.25) is 0 Å². The SMILES string of the molecule is C=C/C(=C\C=NC)NCC(N)OC. The van der Waals surface area contributed by atoms with Crippen molar-refractivity contribution in [1.29, 1.82) is 0 Å². The Kier molecular flexibility index (Phi) is 6.86. The molecule has 0 rings (SSSR count). The molecule has 74 valence electrons. The van der Waals surface area contributed by atoms with Crippen molar-refractivity contribution in [1.82, 2.24) is 5.32 Å². The van der Waals surface area contributed by atoms with Crippen LogP contribution < -0.4 is 11.1 Å². The van der Waals surface area contributed by atoms with E-state index in [9.17, 15) is 0 Å². The first-order valence-corrected chi connectivity index (χ1v) is 4.01. The number of aliphatic imine (C=N–C) groups is 1.